The predicted octanol–water partition coefficient (Wildman–Crippen LogP) is 4.30. The second kappa shape index (κ2) is 7.69. The van der Waals surface area contributed by atoms with Crippen molar-refractivity contribution in [1.82, 2.24) is 9.88 Å². The van der Waals surface area contributed by atoms with Crippen molar-refractivity contribution in [2.75, 3.05) is 37.6 Å². The molecule has 1 aliphatic heterocycles. The zero-order valence-corrected chi connectivity index (χ0v) is 18.6. The van der Waals surface area contributed by atoms with E-state index in [2.05, 4.69) is 69.0 Å². The second-order valence-electron chi connectivity index (χ2n) is 10.1. The molecule has 1 fully saturated rings. The smallest absolute Gasteiger partial charge is 0.317 e. The van der Waals surface area contributed by atoms with E-state index in [0.717, 1.165) is 37.7 Å². The van der Waals surface area contributed by atoms with Crippen LogP contribution in [0.1, 0.15) is 51.7 Å². The second-order valence-corrected chi connectivity index (χ2v) is 10.1. The Balaban J connectivity index is 1.59. The molecule has 2 heterocycles. The van der Waals surface area contributed by atoms with Crippen molar-refractivity contribution in [2.45, 2.75) is 51.4 Å². The fraction of sp³-hybridized carbons (Fsp3) is 0.520. The van der Waals surface area contributed by atoms with E-state index >= 15 is 0 Å². The molecule has 0 radical (unpaired) electrons. The molecular formula is C25H33N3O2. The molecule has 0 amide bonds. The number of benzene rings is 1. The number of aromatic nitrogens is 1. The van der Waals surface area contributed by atoms with Gasteiger partial charge in [-0.2, -0.15) is 0 Å². The van der Waals surface area contributed by atoms with Crippen molar-refractivity contribution in [1.29, 1.82) is 0 Å². The summed E-state index contributed by atoms with van der Waals surface area (Å²) in [6, 6.07) is 13.1. The maximum absolute atomic E-state index is 10.9. The molecule has 0 atom stereocenters. The van der Waals surface area contributed by atoms with Crippen LogP contribution in [0.15, 0.2) is 36.4 Å². The monoisotopic (exact) mass is 407 g/mol. The van der Waals surface area contributed by atoms with Crippen LogP contribution in [0, 0.1) is 0 Å². The SMILES string of the molecule is CC1(C)CCC(C)(C)c2cc(-c3cccc(N4CCN(CC(=O)O)CC4)n3)ccc21. The Kier molecular flexibility index (Phi) is 5.35. The fourth-order valence-electron chi connectivity index (χ4n) is 4.83. The van der Waals surface area contributed by atoms with Crippen LogP contribution < -0.4 is 4.90 Å². The van der Waals surface area contributed by atoms with Crippen molar-refractivity contribution in [3.05, 3.63) is 47.5 Å². The van der Waals surface area contributed by atoms with E-state index in [0.29, 0.717) is 0 Å². The molecule has 4 rings (SSSR count). The Labute approximate surface area is 179 Å². The molecule has 1 aliphatic carbocycles. The van der Waals surface area contributed by atoms with E-state index in [4.69, 9.17) is 10.1 Å². The summed E-state index contributed by atoms with van der Waals surface area (Å²) in [7, 11) is 0. The molecule has 2 aromatic rings. The molecule has 30 heavy (non-hydrogen) atoms. The summed E-state index contributed by atoms with van der Waals surface area (Å²) in [5, 5.41) is 9.00. The topological polar surface area (TPSA) is 56.7 Å². The third-order valence-corrected chi connectivity index (χ3v) is 6.94. The van der Waals surface area contributed by atoms with E-state index in [1.807, 2.05) is 4.90 Å². The first-order valence-corrected chi connectivity index (χ1v) is 11.0. The largest absolute Gasteiger partial charge is 0.480 e. The number of hydrogen-bond donors (Lipinski definition) is 1. The Morgan fingerprint density at radius 3 is 2.30 bits per heavy atom. The van der Waals surface area contributed by atoms with Crippen molar-refractivity contribution in [2.24, 2.45) is 0 Å². The summed E-state index contributed by atoms with van der Waals surface area (Å²) in [5.41, 5.74) is 5.49. The van der Waals surface area contributed by atoms with E-state index in [1.165, 1.54) is 29.5 Å². The summed E-state index contributed by atoms with van der Waals surface area (Å²) in [5.74, 6) is 0.210. The lowest BCUT2D eigenvalue weighted by molar-refractivity contribution is -0.138. The summed E-state index contributed by atoms with van der Waals surface area (Å²) in [6.45, 7) is 12.6. The molecule has 160 valence electrons. The van der Waals surface area contributed by atoms with Gasteiger partial charge in [-0.25, -0.2) is 4.98 Å². The highest BCUT2D eigenvalue weighted by Crippen LogP contribution is 2.46. The molecular weight excluding hydrogens is 374 g/mol. The molecule has 5 heteroatoms. The van der Waals surface area contributed by atoms with Crippen molar-refractivity contribution >= 4 is 11.8 Å². The summed E-state index contributed by atoms with van der Waals surface area (Å²) in [4.78, 5) is 20.2. The van der Waals surface area contributed by atoms with Gasteiger partial charge in [0.1, 0.15) is 5.82 Å². The molecule has 1 aromatic carbocycles. The van der Waals surface area contributed by atoms with E-state index in [9.17, 15) is 4.79 Å². The van der Waals surface area contributed by atoms with Gasteiger partial charge in [0.15, 0.2) is 0 Å². The highest BCUT2D eigenvalue weighted by atomic mass is 16.4. The maximum Gasteiger partial charge on any atom is 0.317 e. The zero-order valence-electron chi connectivity index (χ0n) is 18.6. The van der Waals surface area contributed by atoms with Crippen molar-refractivity contribution < 1.29 is 9.90 Å². The van der Waals surface area contributed by atoms with Crippen molar-refractivity contribution in [3.8, 4) is 11.3 Å². The first kappa shape index (κ1) is 20.9. The van der Waals surface area contributed by atoms with Gasteiger partial charge in [-0.05, 0) is 53.0 Å². The Hall–Kier alpha value is -2.40. The van der Waals surface area contributed by atoms with Gasteiger partial charge in [0.05, 0.1) is 12.2 Å². The number of pyridine rings is 1. The highest BCUT2D eigenvalue weighted by molar-refractivity contribution is 5.69. The number of carboxylic acids is 1. The van der Waals surface area contributed by atoms with Gasteiger partial charge in [0.2, 0.25) is 0 Å². The fourth-order valence-corrected chi connectivity index (χ4v) is 4.83. The van der Waals surface area contributed by atoms with Crippen LogP contribution >= 0.6 is 0 Å². The quantitative estimate of drug-likeness (QED) is 0.819. The number of carbonyl (C=O) groups is 1. The number of aliphatic carboxylic acids is 1. The summed E-state index contributed by atoms with van der Waals surface area (Å²) >= 11 is 0. The molecule has 0 bridgehead atoms. The van der Waals surface area contributed by atoms with Crippen LogP contribution in [0.4, 0.5) is 5.82 Å². The first-order chi connectivity index (χ1) is 14.2. The van der Waals surface area contributed by atoms with E-state index in [-0.39, 0.29) is 17.4 Å². The number of piperazine rings is 1. The predicted molar refractivity (Wildman–Crippen MR) is 121 cm³/mol. The third kappa shape index (κ3) is 4.08. The van der Waals surface area contributed by atoms with Gasteiger partial charge < -0.3 is 10.0 Å². The van der Waals surface area contributed by atoms with Gasteiger partial charge in [-0.15, -0.1) is 0 Å². The zero-order chi connectivity index (χ0) is 21.5. The molecule has 5 nitrogen and oxygen atoms in total. The van der Waals surface area contributed by atoms with Crippen LogP contribution in [-0.2, 0) is 15.6 Å². The van der Waals surface area contributed by atoms with E-state index in [1.54, 1.807) is 0 Å². The van der Waals surface area contributed by atoms with Crippen LogP contribution in [0.5, 0.6) is 0 Å². The Morgan fingerprint density at radius 2 is 1.63 bits per heavy atom. The minimum absolute atomic E-state index is 0.114. The van der Waals surface area contributed by atoms with Crippen LogP contribution in [-0.4, -0.2) is 53.7 Å². The first-order valence-electron chi connectivity index (χ1n) is 11.0. The number of nitrogens with zero attached hydrogens (tertiary/aromatic N) is 3. The van der Waals surface area contributed by atoms with Gasteiger partial charge in [-0.1, -0.05) is 45.9 Å². The molecule has 0 unspecified atom stereocenters. The van der Waals surface area contributed by atoms with E-state index < -0.39 is 5.97 Å². The van der Waals surface area contributed by atoms with Gasteiger partial charge >= 0.3 is 5.97 Å². The van der Waals surface area contributed by atoms with Crippen LogP contribution in [0.2, 0.25) is 0 Å². The number of hydrogen-bond acceptors (Lipinski definition) is 4. The minimum Gasteiger partial charge on any atom is -0.480 e. The minimum atomic E-state index is -0.762. The summed E-state index contributed by atoms with van der Waals surface area (Å²) in [6.07, 6.45) is 2.42. The average molecular weight is 408 g/mol. The molecule has 1 aromatic heterocycles. The molecule has 1 N–H and O–H groups in total. The van der Waals surface area contributed by atoms with Crippen LogP contribution in [0.25, 0.3) is 11.3 Å². The number of anilines is 1. The van der Waals surface area contributed by atoms with Crippen molar-refractivity contribution in [3.63, 3.8) is 0 Å². The lowest BCUT2D eigenvalue weighted by Gasteiger charge is -2.42. The molecule has 2 aliphatic rings. The highest BCUT2D eigenvalue weighted by Gasteiger charge is 2.37. The molecule has 0 spiro atoms. The normalized spacial score (nSPS) is 20.6. The molecule has 1 saturated heterocycles. The average Bonchev–Trinajstić information content (AvgIpc) is 2.71. The maximum atomic E-state index is 10.9. The summed E-state index contributed by atoms with van der Waals surface area (Å²) < 4.78 is 0. The standard InChI is InChI=1S/C25H33N3O2/c1-24(2)10-11-25(3,4)20-16-18(8-9-19(20)24)21-6-5-7-22(26-21)28-14-12-27(13-15-28)17-23(29)30/h5-9,16H,10-15,17H2,1-4H3,(H,29,30). The molecule has 0 saturated carbocycles. The number of fused-ring (bicyclic) bond motifs is 1. The number of rotatable bonds is 4. The number of carboxylic acid groups (broad SMARTS) is 1. The van der Waals surface area contributed by atoms with Gasteiger partial charge in [-0.3, -0.25) is 9.69 Å². The van der Waals surface area contributed by atoms with Crippen LogP contribution in [0.3, 0.4) is 0 Å². The van der Waals surface area contributed by atoms with Gasteiger partial charge in [0.25, 0.3) is 0 Å². The Bertz CT molecular complexity index is 943. The third-order valence-electron chi connectivity index (χ3n) is 6.94. The van der Waals surface area contributed by atoms with Gasteiger partial charge in [0, 0.05) is 31.7 Å². The Morgan fingerprint density at radius 1 is 0.967 bits per heavy atom. The lowest BCUT2D eigenvalue weighted by Crippen LogP contribution is -2.48. The lowest BCUT2D eigenvalue weighted by atomic mass is 9.63.